The van der Waals surface area contributed by atoms with E-state index in [4.69, 9.17) is 11.6 Å². The normalized spacial score (nSPS) is 11.7. The Morgan fingerprint density at radius 2 is 1.89 bits per heavy atom. The number of rotatable bonds is 6. The molecular formula is C21H19ClN4O. The van der Waals surface area contributed by atoms with Gasteiger partial charge in [-0.1, -0.05) is 60.1 Å². The molecule has 0 saturated heterocycles. The van der Waals surface area contributed by atoms with Crippen LogP contribution in [-0.2, 0) is 6.54 Å². The maximum Gasteiger partial charge on any atom is 0.291 e. The van der Waals surface area contributed by atoms with Crippen molar-refractivity contribution in [1.82, 2.24) is 15.2 Å². The van der Waals surface area contributed by atoms with Crippen LogP contribution in [0.25, 0.3) is 6.08 Å². The van der Waals surface area contributed by atoms with Gasteiger partial charge < -0.3 is 0 Å². The highest BCUT2D eigenvalue weighted by Gasteiger charge is 2.09. The van der Waals surface area contributed by atoms with Crippen molar-refractivity contribution in [2.75, 3.05) is 0 Å². The third kappa shape index (κ3) is 5.66. The summed E-state index contributed by atoms with van der Waals surface area (Å²) in [6.45, 7) is 2.38. The van der Waals surface area contributed by atoms with E-state index in [-0.39, 0.29) is 5.91 Å². The molecule has 0 unspecified atom stereocenters. The SMILES string of the molecule is CC(/C=C/c1ccccc1)=N\NC(=O)c1ccn(Cc2ccc(Cl)cc2)n1. The number of hydrazone groups is 1. The summed E-state index contributed by atoms with van der Waals surface area (Å²) in [6, 6.07) is 19.1. The standard InChI is InChI=1S/C21H19ClN4O/c1-16(7-8-17-5-3-2-4-6-17)23-24-21(27)20-13-14-26(25-20)15-18-9-11-19(22)12-10-18/h2-14H,15H2,1H3,(H,24,27)/b8-7+,23-16+. The third-order valence-corrected chi connectivity index (χ3v) is 4.03. The van der Waals surface area contributed by atoms with Crippen LogP contribution < -0.4 is 5.43 Å². The van der Waals surface area contributed by atoms with Gasteiger partial charge in [0.2, 0.25) is 0 Å². The molecule has 5 nitrogen and oxygen atoms in total. The van der Waals surface area contributed by atoms with Gasteiger partial charge in [-0.25, -0.2) is 5.43 Å². The van der Waals surface area contributed by atoms with Crippen molar-refractivity contribution in [3.63, 3.8) is 0 Å². The van der Waals surface area contributed by atoms with Crippen molar-refractivity contribution in [3.8, 4) is 0 Å². The zero-order valence-corrected chi connectivity index (χ0v) is 15.6. The lowest BCUT2D eigenvalue weighted by Gasteiger charge is -2.02. The zero-order valence-electron chi connectivity index (χ0n) is 14.8. The van der Waals surface area contributed by atoms with Gasteiger partial charge in [0.15, 0.2) is 5.69 Å². The highest BCUT2D eigenvalue weighted by molar-refractivity contribution is 6.30. The first-order chi connectivity index (χ1) is 13.1. The smallest absolute Gasteiger partial charge is 0.268 e. The lowest BCUT2D eigenvalue weighted by atomic mass is 10.2. The fourth-order valence-corrected chi connectivity index (χ4v) is 2.49. The summed E-state index contributed by atoms with van der Waals surface area (Å²) >= 11 is 5.89. The van der Waals surface area contributed by atoms with Crippen LogP contribution in [0.1, 0.15) is 28.5 Å². The summed E-state index contributed by atoms with van der Waals surface area (Å²) in [7, 11) is 0. The average molecular weight is 379 g/mol. The van der Waals surface area contributed by atoms with E-state index in [1.807, 2.05) is 73.7 Å². The maximum absolute atomic E-state index is 12.2. The maximum atomic E-state index is 12.2. The highest BCUT2D eigenvalue weighted by atomic mass is 35.5. The molecule has 0 spiro atoms. The molecule has 0 saturated carbocycles. The van der Waals surface area contributed by atoms with Crippen LogP contribution >= 0.6 is 11.6 Å². The largest absolute Gasteiger partial charge is 0.291 e. The molecule has 1 aromatic heterocycles. The molecule has 0 radical (unpaired) electrons. The number of carbonyl (C=O) groups is 1. The van der Waals surface area contributed by atoms with Crippen molar-refractivity contribution in [3.05, 3.63) is 94.8 Å². The Bertz CT molecular complexity index is 959. The summed E-state index contributed by atoms with van der Waals surface area (Å²) in [4.78, 5) is 12.2. The Morgan fingerprint density at radius 1 is 1.15 bits per heavy atom. The second kappa shape index (κ2) is 8.96. The Labute approximate surface area is 163 Å². The molecular weight excluding hydrogens is 360 g/mol. The zero-order chi connectivity index (χ0) is 19.1. The first kappa shape index (κ1) is 18.6. The molecule has 3 aromatic rings. The molecule has 27 heavy (non-hydrogen) atoms. The summed E-state index contributed by atoms with van der Waals surface area (Å²) in [5, 5.41) is 9.06. The molecule has 0 aliphatic heterocycles. The number of hydrogen-bond acceptors (Lipinski definition) is 3. The Morgan fingerprint density at radius 3 is 2.63 bits per heavy atom. The van der Waals surface area contributed by atoms with Crippen LogP contribution in [0.4, 0.5) is 0 Å². The van der Waals surface area contributed by atoms with E-state index in [1.54, 1.807) is 16.9 Å². The van der Waals surface area contributed by atoms with E-state index in [0.717, 1.165) is 11.1 Å². The molecule has 136 valence electrons. The summed E-state index contributed by atoms with van der Waals surface area (Å²) in [5.74, 6) is -0.350. The predicted octanol–water partition coefficient (Wildman–Crippen LogP) is 4.40. The molecule has 0 bridgehead atoms. The van der Waals surface area contributed by atoms with Crippen molar-refractivity contribution in [2.24, 2.45) is 5.10 Å². The minimum absolute atomic E-state index is 0.313. The van der Waals surface area contributed by atoms with Crippen molar-refractivity contribution >= 4 is 29.3 Å². The number of hydrogen-bond donors (Lipinski definition) is 1. The molecule has 1 heterocycles. The third-order valence-electron chi connectivity index (χ3n) is 3.78. The minimum atomic E-state index is -0.350. The predicted molar refractivity (Wildman–Crippen MR) is 109 cm³/mol. The number of benzene rings is 2. The first-order valence-electron chi connectivity index (χ1n) is 8.46. The molecule has 0 atom stereocenters. The lowest BCUT2D eigenvalue weighted by molar-refractivity contribution is 0.0949. The summed E-state index contributed by atoms with van der Waals surface area (Å²) in [6.07, 6.45) is 5.54. The van der Waals surface area contributed by atoms with Gasteiger partial charge >= 0.3 is 0 Å². The van der Waals surface area contributed by atoms with Crippen molar-refractivity contribution in [1.29, 1.82) is 0 Å². The second-order valence-electron chi connectivity index (χ2n) is 5.96. The van der Waals surface area contributed by atoms with Crippen molar-refractivity contribution in [2.45, 2.75) is 13.5 Å². The van der Waals surface area contributed by atoms with Gasteiger partial charge in [-0.15, -0.1) is 0 Å². The highest BCUT2D eigenvalue weighted by Crippen LogP contribution is 2.10. The number of amides is 1. The molecule has 1 amide bonds. The van der Waals surface area contributed by atoms with E-state index in [0.29, 0.717) is 23.0 Å². The van der Waals surface area contributed by atoms with Gasteiger partial charge in [-0.2, -0.15) is 10.2 Å². The number of carbonyl (C=O) groups excluding carboxylic acids is 1. The van der Waals surface area contributed by atoms with Crippen LogP contribution in [-0.4, -0.2) is 21.4 Å². The Hall–Kier alpha value is -3.18. The lowest BCUT2D eigenvalue weighted by Crippen LogP contribution is -2.19. The van der Waals surface area contributed by atoms with E-state index in [2.05, 4.69) is 15.6 Å². The minimum Gasteiger partial charge on any atom is -0.268 e. The fourth-order valence-electron chi connectivity index (χ4n) is 2.36. The molecule has 1 N–H and O–H groups in total. The van der Waals surface area contributed by atoms with Gasteiger partial charge in [-0.3, -0.25) is 9.48 Å². The van der Waals surface area contributed by atoms with Gasteiger partial charge in [-0.05, 0) is 42.3 Å². The summed E-state index contributed by atoms with van der Waals surface area (Å²) < 4.78 is 1.70. The quantitative estimate of drug-likeness (QED) is 0.510. The topological polar surface area (TPSA) is 59.3 Å². The number of nitrogens with one attached hydrogen (secondary N) is 1. The molecule has 6 heteroatoms. The van der Waals surface area contributed by atoms with Crippen LogP contribution in [0.15, 0.2) is 78.0 Å². The van der Waals surface area contributed by atoms with Crippen LogP contribution in [0.3, 0.4) is 0 Å². The molecule has 3 rings (SSSR count). The number of nitrogens with zero attached hydrogens (tertiary/aromatic N) is 3. The number of aromatic nitrogens is 2. The Balaban J connectivity index is 1.57. The molecule has 0 fully saturated rings. The van der Waals surface area contributed by atoms with Crippen LogP contribution in [0.2, 0.25) is 5.02 Å². The van der Waals surface area contributed by atoms with Gasteiger partial charge in [0.1, 0.15) is 0 Å². The van der Waals surface area contributed by atoms with E-state index in [1.165, 1.54) is 0 Å². The number of allylic oxidation sites excluding steroid dienone is 1. The van der Waals surface area contributed by atoms with Crippen LogP contribution in [0, 0.1) is 0 Å². The number of halogens is 1. The monoisotopic (exact) mass is 378 g/mol. The fraction of sp³-hybridized carbons (Fsp3) is 0.0952. The van der Waals surface area contributed by atoms with Crippen molar-refractivity contribution < 1.29 is 4.79 Å². The molecule has 2 aromatic carbocycles. The summed E-state index contributed by atoms with van der Waals surface area (Å²) in [5.41, 5.74) is 5.64. The van der Waals surface area contributed by atoms with Gasteiger partial charge in [0, 0.05) is 11.2 Å². The molecule has 0 aliphatic rings. The average Bonchev–Trinajstić information content (AvgIpc) is 3.16. The van der Waals surface area contributed by atoms with E-state index in [9.17, 15) is 4.79 Å². The van der Waals surface area contributed by atoms with Crippen LogP contribution in [0.5, 0.6) is 0 Å². The van der Waals surface area contributed by atoms with Gasteiger partial charge in [0.05, 0.1) is 12.3 Å². The molecule has 0 aliphatic carbocycles. The first-order valence-corrected chi connectivity index (χ1v) is 8.83. The van der Waals surface area contributed by atoms with E-state index < -0.39 is 0 Å². The Kier molecular flexibility index (Phi) is 6.18. The van der Waals surface area contributed by atoms with Gasteiger partial charge in [0.25, 0.3) is 5.91 Å². The van der Waals surface area contributed by atoms with E-state index >= 15 is 0 Å². The second-order valence-corrected chi connectivity index (χ2v) is 6.40.